The number of benzene rings is 2. The van der Waals surface area contributed by atoms with Crippen molar-refractivity contribution in [3.63, 3.8) is 0 Å². The molecule has 2 aromatic carbocycles. The number of carbonyl (C=O) groups is 2. The monoisotopic (exact) mass is 424 g/mol. The van der Waals surface area contributed by atoms with Crippen LogP contribution in [0.2, 0.25) is 0 Å². The number of H-pyrrole nitrogens is 1. The first-order valence-electron chi connectivity index (χ1n) is 10.4. The van der Waals surface area contributed by atoms with E-state index in [0.717, 1.165) is 48.5 Å². The van der Waals surface area contributed by atoms with Gasteiger partial charge < -0.3 is 25.0 Å². The third-order valence-electron chi connectivity index (χ3n) is 5.21. The molecule has 1 fully saturated rings. The van der Waals surface area contributed by atoms with Crippen molar-refractivity contribution >= 4 is 23.5 Å². The topological polar surface area (TPSA) is 108 Å². The fraction of sp³-hybridized carbons (Fsp3) is 0.348. The van der Waals surface area contributed by atoms with Crippen LogP contribution in [0.25, 0.3) is 11.0 Å². The number of nitrogens with one attached hydrogen (secondary N) is 2. The van der Waals surface area contributed by atoms with E-state index in [1.807, 2.05) is 35.2 Å². The summed E-state index contributed by atoms with van der Waals surface area (Å²) in [4.78, 5) is 30.8. The van der Waals surface area contributed by atoms with E-state index in [0.29, 0.717) is 19.1 Å². The van der Waals surface area contributed by atoms with Gasteiger partial charge in [-0.05, 0) is 49.6 Å². The second kappa shape index (κ2) is 11.0. The van der Waals surface area contributed by atoms with Crippen LogP contribution in [-0.4, -0.2) is 58.7 Å². The summed E-state index contributed by atoms with van der Waals surface area (Å²) in [6, 6.07) is 15.9. The van der Waals surface area contributed by atoms with E-state index in [2.05, 4.69) is 35.4 Å². The van der Waals surface area contributed by atoms with Gasteiger partial charge in [-0.3, -0.25) is 4.79 Å². The predicted molar refractivity (Wildman–Crippen MR) is 118 cm³/mol. The normalized spacial score (nSPS) is 13.9. The maximum absolute atomic E-state index is 12.4. The Morgan fingerprint density at radius 2 is 1.97 bits per heavy atom. The maximum atomic E-state index is 12.4. The van der Waals surface area contributed by atoms with E-state index in [4.69, 9.17) is 19.6 Å². The minimum absolute atomic E-state index is 0.0182. The molecule has 0 bridgehead atoms. The zero-order valence-corrected chi connectivity index (χ0v) is 17.6. The Labute approximate surface area is 181 Å². The predicted octanol–water partition coefficient (Wildman–Crippen LogP) is 3.54. The number of hydrogen-bond donors (Lipinski definition) is 3. The van der Waals surface area contributed by atoms with E-state index < -0.39 is 0 Å². The fourth-order valence-corrected chi connectivity index (χ4v) is 3.65. The van der Waals surface area contributed by atoms with Crippen molar-refractivity contribution in [3.05, 3.63) is 59.9 Å². The molecule has 31 heavy (non-hydrogen) atoms. The highest BCUT2D eigenvalue weighted by molar-refractivity contribution is 5.76. The molecule has 1 saturated heterocycles. The Balaban J connectivity index is 0.000000858. The number of para-hydroxylation sites is 1. The number of rotatable bonds is 5. The molecular weight excluding hydrogens is 396 g/mol. The summed E-state index contributed by atoms with van der Waals surface area (Å²) in [7, 11) is 0. The highest BCUT2D eigenvalue weighted by Gasteiger charge is 2.25. The number of likely N-dealkylation sites (tertiary alicyclic amines) is 1. The largest absolute Gasteiger partial charge is 0.492 e. The summed E-state index contributed by atoms with van der Waals surface area (Å²) in [5.74, 6) is 2.23. The summed E-state index contributed by atoms with van der Waals surface area (Å²) in [6.45, 7) is 4.28. The number of fused-ring (bicyclic) bond motifs is 1. The van der Waals surface area contributed by atoms with Crippen LogP contribution in [0.5, 0.6) is 5.75 Å². The standard InChI is InChI=1S/C22H26N4O2.CH2O2/c1-16-7-8-19-20(15-16)25-21(24-19)17-9-12-26(13-10-17)22(27)23-11-14-28-18-5-3-2-4-6-18;2-1-3/h2-8,15,17H,9-14H2,1H3,(H,23,27)(H,24,25);1H,(H,2,3). The van der Waals surface area contributed by atoms with Crippen LogP contribution in [0.15, 0.2) is 48.5 Å². The van der Waals surface area contributed by atoms with Crippen LogP contribution < -0.4 is 10.1 Å². The number of nitrogens with zero attached hydrogens (tertiary/aromatic N) is 2. The minimum Gasteiger partial charge on any atom is -0.492 e. The van der Waals surface area contributed by atoms with Crippen molar-refractivity contribution in [1.29, 1.82) is 0 Å². The fourth-order valence-electron chi connectivity index (χ4n) is 3.65. The molecule has 1 aromatic heterocycles. The van der Waals surface area contributed by atoms with E-state index in [1.54, 1.807) is 0 Å². The van der Waals surface area contributed by atoms with Crippen LogP contribution in [0.4, 0.5) is 4.79 Å². The van der Waals surface area contributed by atoms with Crippen molar-refractivity contribution in [2.45, 2.75) is 25.7 Å². The molecule has 3 aromatic rings. The van der Waals surface area contributed by atoms with E-state index in [9.17, 15) is 4.79 Å². The quantitative estimate of drug-likeness (QED) is 0.429. The smallest absolute Gasteiger partial charge is 0.317 e. The van der Waals surface area contributed by atoms with Gasteiger partial charge in [-0.2, -0.15) is 0 Å². The summed E-state index contributed by atoms with van der Waals surface area (Å²) >= 11 is 0. The van der Waals surface area contributed by atoms with E-state index >= 15 is 0 Å². The first-order valence-corrected chi connectivity index (χ1v) is 10.4. The molecule has 164 valence electrons. The summed E-state index contributed by atoms with van der Waals surface area (Å²) < 4.78 is 5.61. The molecule has 4 rings (SSSR count). The number of hydrogen-bond acceptors (Lipinski definition) is 4. The number of carboxylic acid groups (broad SMARTS) is 1. The lowest BCUT2D eigenvalue weighted by molar-refractivity contribution is -0.122. The van der Waals surface area contributed by atoms with Crippen molar-refractivity contribution in [3.8, 4) is 5.75 Å². The Bertz CT molecular complexity index is 982. The lowest BCUT2D eigenvalue weighted by atomic mass is 9.96. The average molecular weight is 425 g/mol. The Morgan fingerprint density at radius 3 is 2.68 bits per heavy atom. The van der Waals surface area contributed by atoms with Gasteiger partial charge in [0, 0.05) is 19.0 Å². The summed E-state index contributed by atoms with van der Waals surface area (Å²) in [6.07, 6.45) is 1.85. The first-order chi connectivity index (χ1) is 15.1. The lowest BCUT2D eigenvalue weighted by Gasteiger charge is -2.31. The molecule has 8 heteroatoms. The third kappa shape index (κ3) is 6.21. The zero-order chi connectivity index (χ0) is 22.1. The molecule has 2 heterocycles. The van der Waals surface area contributed by atoms with Crippen LogP contribution in [0.1, 0.15) is 30.1 Å². The maximum Gasteiger partial charge on any atom is 0.317 e. The van der Waals surface area contributed by atoms with Crippen molar-refractivity contribution < 1.29 is 19.4 Å². The third-order valence-corrected chi connectivity index (χ3v) is 5.21. The molecule has 3 N–H and O–H groups in total. The van der Waals surface area contributed by atoms with Gasteiger partial charge in [0.2, 0.25) is 0 Å². The number of ether oxygens (including phenoxy) is 1. The van der Waals surface area contributed by atoms with Gasteiger partial charge in [0.25, 0.3) is 6.47 Å². The Hall–Kier alpha value is -3.55. The average Bonchev–Trinajstić information content (AvgIpc) is 3.21. The molecule has 0 saturated carbocycles. The van der Waals surface area contributed by atoms with E-state index in [-0.39, 0.29) is 12.5 Å². The molecule has 0 unspecified atom stereocenters. The first kappa shape index (κ1) is 22.1. The number of carbonyl (C=O) groups excluding carboxylic acids is 1. The number of piperidine rings is 1. The number of amides is 2. The molecule has 1 aliphatic heterocycles. The summed E-state index contributed by atoms with van der Waals surface area (Å²) in [5.41, 5.74) is 3.33. The molecule has 0 spiro atoms. The van der Waals surface area contributed by atoms with Gasteiger partial charge >= 0.3 is 6.03 Å². The number of urea groups is 1. The van der Waals surface area contributed by atoms with Crippen molar-refractivity contribution in [1.82, 2.24) is 20.2 Å². The van der Waals surface area contributed by atoms with Crippen LogP contribution in [0.3, 0.4) is 0 Å². The molecule has 8 nitrogen and oxygen atoms in total. The van der Waals surface area contributed by atoms with Crippen molar-refractivity contribution in [2.75, 3.05) is 26.2 Å². The van der Waals surface area contributed by atoms with Gasteiger partial charge in [0.05, 0.1) is 17.6 Å². The number of aromatic nitrogens is 2. The summed E-state index contributed by atoms with van der Waals surface area (Å²) in [5, 5.41) is 9.83. The van der Waals surface area contributed by atoms with Gasteiger partial charge in [-0.1, -0.05) is 24.3 Å². The zero-order valence-electron chi connectivity index (χ0n) is 17.6. The lowest BCUT2D eigenvalue weighted by Crippen LogP contribution is -2.45. The molecule has 0 atom stereocenters. The van der Waals surface area contributed by atoms with Gasteiger partial charge in [0.15, 0.2) is 0 Å². The SMILES string of the molecule is Cc1ccc2nc(C3CCN(C(=O)NCCOc4ccccc4)CC3)[nH]c2c1.O=CO. The van der Waals surface area contributed by atoms with E-state index in [1.165, 1.54) is 5.56 Å². The van der Waals surface area contributed by atoms with Crippen LogP contribution >= 0.6 is 0 Å². The Kier molecular flexibility index (Phi) is 7.86. The highest BCUT2D eigenvalue weighted by atomic mass is 16.5. The molecular formula is C23H28N4O4. The van der Waals surface area contributed by atoms with Gasteiger partial charge in [0.1, 0.15) is 18.2 Å². The Morgan fingerprint density at radius 1 is 1.26 bits per heavy atom. The second-order valence-electron chi connectivity index (χ2n) is 7.40. The van der Waals surface area contributed by atoms with Gasteiger partial charge in [-0.25, -0.2) is 9.78 Å². The van der Waals surface area contributed by atoms with Gasteiger partial charge in [-0.15, -0.1) is 0 Å². The minimum atomic E-state index is -0.250. The molecule has 1 aliphatic rings. The van der Waals surface area contributed by atoms with Crippen LogP contribution in [0, 0.1) is 6.92 Å². The molecule has 0 aliphatic carbocycles. The van der Waals surface area contributed by atoms with Crippen molar-refractivity contribution in [2.24, 2.45) is 0 Å². The number of imidazole rings is 1. The van der Waals surface area contributed by atoms with Crippen LogP contribution in [-0.2, 0) is 4.79 Å². The molecule has 0 radical (unpaired) electrons. The number of aryl methyl sites for hydroxylation is 1. The second-order valence-corrected chi connectivity index (χ2v) is 7.40. The number of aromatic amines is 1. The highest BCUT2D eigenvalue weighted by Crippen LogP contribution is 2.28. The molecule has 2 amide bonds.